The molecule has 0 spiro atoms. The number of rotatable bonds is 10. The summed E-state index contributed by atoms with van der Waals surface area (Å²) in [7, 11) is 0. The Balaban J connectivity index is 2.10. The molecule has 20 heavy (non-hydrogen) atoms. The molecule has 1 atom stereocenters. The lowest BCUT2D eigenvalue weighted by atomic mass is 10.1. The molecule has 1 heterocycles. The summed E-state index contributed by atoms with van der Waals surface area (Å²) >= 11 is 1.36. The van der Waals surface area contributed by atoms with Gasteiger partial charge in [-0.05, 0) is 13.3 Å². The highest BCUT2D eigenvalue weighted by Crippen LogP contribution is 2.20. The van der Waals surface area contributed by atoms with Crippen molar-refractivity contribution < 1.29 is 9.90 Å². The Bertz CT molecular complexity index is 391. The lowest BCUT2D eigenvalue weighted by Gasteiger charge is -2.02. The van der Waals surface area contributed by atoms with Crippen molar-refractivity contribution in [2.24, 2.45) is 0 Å². The number of carbonyl (C=O) groups excluding carboxylic acids is 1. The van der Waals surface area contributed by atoms with Crippen LogP contribution in [0.4, 0.5) is 5.13 Å². The maximum absolute atomic E-state index is 11.7. The van der Waals surface area contributed by atoms with Crippen molar-refractivity contribution in [1.29, 1.82) is 0 Å². The number of aromatic nitrogens is 1. The number of nitrogens with one attached hydrogen (secondary N) is 1. The van der Waals surface area contributed by atoms with E-state index in [9.17, 15) is 9.90 Å². The van der Waals surface area contributed by atoms with Gasteiger partial charge in [0.05, 0.1) is 11.8 Å². The van der Waals surface area contributed by atoms with E-state index in [0.717, 1.165) is 12.8 Å². The average Bonchev–Trinajstić information content (AvgIpc) is 2.86. The van der Waals surface area contributed by atoms with Crippen molar-refractivity contribution in [1.82, 2.24) is 4.98 Å². The fourth-order valence-electron chi connectivity index (χ4n) is 1.96. The van der Waals surface area contributed by atoms with Gasteiger partial charge in [-0.25, -0.2) is 4.98 Å². The quantitative estimate of drug-likeness (QED) is 0.634. The number of aliphatic hydroxyl groups excluding tert-OH is 1. The Morgan fingerprint density at radius 3 is 2.55 bits per heavy atom. The van der Waals surface area contributed by atoms with Gasteiger partial charge in [0, 0.05) is 11.8 Å². The number of thiazole rings is 1. The molecule has 5 heteroatoms. The monoisotopic (exact) mass is 298 g/mol. The van der Waals surface area contributed by atoms with Crippen LogP contribution < -0.4 is 5.32 Å². The van der Waals surface area contributed by atoms with E-state index in [0.29, 0.717) is 17.2 Å². The third kappa shape index (κ3) is 7.01. The lowest BCUT2D eigenvalue weighted by molar-refractivity contribution is -0.116. The van der Waals surface area contributed by atoms with Crippen LogP contribution >= 0.6 is 11.3 Å². The van der Waals surface area contributed by atoms with E-state index in [1.165, 1.54) is 43.4 Å². The zero-order valence-corrected chi connectivity index (χ0v) is 13.3. The first kappa shape index (κ1) is 17.1. The fraction of sp³-hybridized carbons (Fsp3) is 0.733. The van der Waals surface area contributed by atoms with E-state index < -0.39 is 6.10 Å². The second-order valence-electron chi connectivity index (χ2n) is 5.17. The van der Waals surface area contributed by atoms with E-state index in [1.807, 2.05) is 0 Å². The molecule has 114 valence electrons. The molecule has 0 saturated carbocycles. The van der Waals surface area contributed by atoms with E-state index >= 15 is 0 Å². The van der Waals surface area contributed by atoms with Gasteiger partial charge >= 0.3 is 0 Å². The number of carbonyl (C=O) groups is 1. The summed E-state index contributed by atoms with van der Waals surface area (Å²) < 4.78 is 0. The Kier molecular flexibility index (Phi) is 8.46. The summed E-state index contributed by atoms with van der Waals surface area (Å²) in [5.74, 6) is 0.0186. The summed E-state index contributed by atoms with van der Waals surface area (Å²) in [5.41, 5.74) is 0.612. The SMILES string of the molecule is CCCCCCCCCC(=O)Nc1nc(C(C)O)cs1. The van der Waals surface area contributed by atoms with E-state index in [1.54, 1.807) is 12.3 Å². The Morgan fingerprint density at radius 2 is 1.95 bits per heavy atom. The summed E-state index contributed by atoms with van der Waals surface area (Å²) in [6.07, 6.45) is 8.42. The highest BCUT2D eigenvalue weighted by molar-refractivity contribution is 7.13. The van der Waals surface area contributed by atoms with Crippen LogP contribution in [0.5, 0.6) is 0 Å². The molecule has 2 N–H and O–H groups in total. The number of hydrogen-bond acceptors (Lipinski definition) is 4. The highest BCUT2D eigenvalue weighted by Gasteiger charge is 2.09. The maximum atomic E-state index is 11.7. The van der Waals surface area contributed by atoms with Gasteiger partial charge < -0.3 is 10.4 Å². The van der Waals surface area contributed by atoms with Gasteiger partial charge in [0.1, 0.15) is 0 Å². The molecular weight excluding hydrogens is 272 g/mol. The van der Waals surface area contributed by atoms with Crippen molar-refractivity contribution in [3.05, 3.63) is 11.1 Å². The molecule has 0 saturated heterocycles. The summed E-state index contributed by atoms with van der Waals surface area (Å²) in [5, 5.41) is 14.5. The van der Waals surface area contributed by atoms with Gasteiger partial charge in [-0.15, -0.1) is 11.3 Å². The van der Waals surface area contributed by atoms with Gasteiger partial charge in [0.25, 0.3) is 0 Å². The Hall–Kier alpha value is -0.940. The van der Waals surface area contributed by atoms with Gasteiger partial charge in [-0.3, -0.25) is 4.79 Å². The molecule has 1 amide bonds. The fourth-order valence-corrected chi connectivity index (χ4v) is 2.77. The molecule has 0 aliphatic rings. The summed E-state index contributed by atoms with van der Waals surface area (Å²) in [6, 6.07) is 0. The minimum absolute atomic E-state index is 0.0186. The lowest BCUT2D eigenvalue weighted by Crippen LogP contribution is -2.11. The molecule has 1 aromatic heterocycles. The normalized spacial score (nSPS) is 12.3. The second kappa shape index (κ2) is 9.88. The van der Waals surface area contributed by atoms with Crippen LogP contribution in [0.3, 0.4) is 0 Å². The number of amides is 1. The first-order valence-corrected chi connectivity index (χ1v) is 8.44. The standard InChI is InChI=1S/C15H26N2O2S/c1-3-4-5-6-7-8-9-10-14(19)17-15-16-13(11-20-15)12(2)18/h11-12,18H,3-10H2,1-2H3,(H,16,17,19). The van der Waals surface area contributed by atoms with Gasteiger partial charge in [-0.2, -0.15) is 0 Å². The van der Waals surface area contributed by atoms with Crippen molar-refractivity contribution in [3.63, 3.8) is 0 Å². The topological polar surface area (TPSA) is 62.2 Å². The van der Waals surface area contributed by atoms with Crippen LogP contribution in [0.25, 0.3) is 0 Å². The predicted octanol–water partition coefficient (Wildman–Crippen LogP) is 4.28. The van der Waals surface area contributed by atoms with Crippen LogP contribution in [0.2, 0.25) is 0 Å². The minimum Gasteiger partial charge on any atom is -0.387 e. The molecule has 0 fully saturated rings. The first-order chi connectivity index (χ1) is 9.63. The van der Waals surface area contributed by atoms with E-state index in [2.05, 4.69) is 17.2 Å². The molecule has 0 radical (unpaired) electrons. The van der Waals surface area contributed by atoms with Crippen molar-refractivity contribution in [2.75, 3.05) is 5.32 Å². The third-order valence-corrected chi connectivity index (χ3v) is 3.98. The highest BCUT2D eigenvalue weighted by atomic mass is 32.1. The Labute approximate surface area is 125 Å². The molecule has 0 bridgehead atoms. The number of anilines is 1. The van der Waals surface area contributed by atoms with Crippen LogP contribution in [0, 0.1) is 0 Å². The molecule has 0 aliphatic heterocycles. The largest absolute Gasteiger partial charge is 0.387 e. The smallest absolute Gasteiger partial charge is 0.226 e. The molecule has 4 nitrogen and oxygen atoms in total. The van der Waals surface area contributed by atoms with Gasteiger partial charge in [0.15, 0.2) is 5.13 Å². The van der Waals surface area contributed by atoms with Crippen molar-refractivity contribution in [3.8, 4) is 0 Å². The van der Waals surface area contributed by atoms with Crippen LogP contribution in [-0.2, 0) is 4.79 Å². The van der Waals surface area contributed by atoms with Crippen molar-refractivity contribution >= 4 is 22.4 Å². The molecule has 0 aromatic carbocycles. The zero-order chi connectivity index (χ0) is 14.8. The zero-order valence-electron chi connectivity index (χ0n) is 12.5. The number of nitrogens with zero attached hydrogens (tertiary/aromatic N) is 1. The van der Waals surface area contributed by atoms with Gasteiger partial charge in [-0.1, -0.05) is 45.4 Å². The van der Waals surface area contributed by atoms with Crippen LogP contribution in [-0.4, -0.2) is 16.0 Å². The third-order valence-electron chi connectivity index (χ3n) is 3.20. The van der Waals surface area contributed by atoms with E-state index in [-0.39, 0.29) is 5.91 Å². The minimum atomic E-state index is -0.583. The predicted molar refractivity (Wildman–Crippen MR) is 84.0 cm³/mol. The van der Waals surface area contributed by atoms with Crippen LogP contribution in [0.1, 0.15) is 77.0 Å². The Morgan fingerprint density at radius 1 is 1.30 bits per heavy atom. The average molecular weight is 298 g/mol. The molecular formula is C15H26N2O2S. The molecule has 0 aliphatic carbocycles. The number of aliphatic hydroxyl groups is 1. The van der Waals surface area contributed by atoms with Crippen LogP contribution in [0.15, 0.2) is 5.38 Å². The summed E-state index contributed by atoms with van der Waals surface area (Å²) in [4.78, 5) is 15.9. The summed E-state index contributed by atoms with van der Waals surface area (Å²) in [6.45, 7) is 3.88. The number of hydrogen-bond donors (Lipinski definition) is 2. The maximum Gasteiger partial charge on any atom is 0.226 e. The first-order valence-electron chi connectivity index (χ1n) is 7.56. The van der Waals surface area contributed by atoms with Gasteiger partial charge in [0.2, 0.25) is 5.91 Å². The number of unbranched alkanes of at least 4 members (excludes halogenated alkanes) is 6. The molecule has 1 aromatic rings. The molecule has 1 rings (SSSR count). The second-order valence-corrected chi connectivity index (χ2v) is 6.03. The molecule has 1 unspecified atom stereocenters. The van der Waals surface area contributed by atoms with Crippen molar-refractivity contribution in [2.45, 2.75) is 71.3 Å². The van der Waals surface area contributed by atoms with E-state index in [4.69, 9.17) is 0 Å².